The number of nitrogens with zero attached hydrogens (tertiary/aromatic N) is 2. The number of carbonyl (C=O) groups excluding carboxylic acids is 2. The van der Waals surface area contributed by atoms with E-state index in [0.29, 0.717) is 36.6 Å². The first-order valence-electron chi connectivity index (χ1n) is 9.84. The highest BCUT2D eigenvalue weighted by Crippen LogP contribution is 2.28. The Morgan fingerprint density at radius 2 is 1.89 bits per heavy atom. The number of anilines is 1. The summed E-state index contributed by atoms with van der Waals surface area (Å²) in [4.78, 5) is 39.8. The van der Waals surface area contributed by atoms with Crippen LogP contribution >= 0.6 is 0 Å². The van der Waals surface area contributed by atoms with Crippen LogP contribution in [0.2, 0.25) is 0 Å². The van der Waals surface area contributed by atoms with Crippen LogP contribution in [0.15, 0.2) is 18.2 Å². The molecule has 1 aromatic carbocycles. The molecule has 0 aromatic heterocycles. The minimum absolute atomic E-state index is 0.0506. The number of carbonyl (C=O) groups is 3. The van der Waals surface area contributed by atoms with Gasteiger partial charge in [-0.2, -0.15) is 0 Å². The number of nitrogens with one attached hydrogen (secondary N) is 1. The fourth-order valence-corrected chi connectivity index (χ4v) is 3.66. The molecule has 3 rings (SSSR count). The number of carboxylic acids is 1. The van der Waals surface area contributed by atoms with Gasteiger partial charge in [0, 0.05) is 31.7 Å². The highest BCUT2D eigenvalue weighted by Gasteiger charge is 2.31. The third-order valence-electron chi connectivity index (χ3n) is 5.24. The molecule has 8 heteroatoms. The first-order chi connectivity index (χ1) is 13.5. The summed E-state index contributed by atoms with van der Waals surface area (Å²) in [6.45, 7) is 4.33. The van der Waals surface area contributed by atoms with E-state index in [1.807, 2.05) is 11.8 Å². The summed E-state index contributed by atoms with van der Waals surface area (Å²) in [7, 11) is 0. The van der Waals surface area contributed by atoms with E-state index in [1.54, 1.807) is 18.2 Å². The molecule has 2 heterocycles. The number of benzene rings is 1. The Labute approximate surface area is 164 Å². The van der Waals surface area contributed by atoms with Crippen molar-refractivity contribution >= 4 is 23.6 Å². The van der Waals surface area contributed by atoms with Gasteiger partial charge in [-0.25, -0.2) is 4.79 Å². The van der Waals surface area contributed by atoms with Crippen molar-refractivity contribution in [1.29, 1.82) is 0 Å². The number of amides is 3. The maximum Gasteiger partial charge on any atom is 0.321 e. The molecule has 1 atom stereocenters. The number of hydrogen-bond acceptors (Lipinski definition) is 4. The normalized spacial score (nSPS) is 19.4. The lowest BCUT2D eigenvalue weighted by Crippen LogP contribution is -2.36. The molecule has 2 fully saturated rings. The van der Waals surface area contributed by atoms with Crippen LogP contribution in [0, 0.1) is 5.92 Å². The third-order valence-corrected chi connectivity index (χ3v) is 5.24. The van der Waals surface area contributed by atoms with Crippen molar-refractivity contribution in [1.82, 2.24) is 9.80 Å². The molecule has 2 saturated heterocycles. The molecule has 1 aromatic rings. The summed E-state index contributed by atoms with van der Waals surface area (Å²) >= 11 is 0. The van der Waals surface area contributed by atoms with Crippen LogP contribution in [0.25, 0.3) is 0 Å². The molecule has 0 spiro atoms. The van der Waals surface area contributed by atoms with Crippen molar-refractivity contribution in [2.24, 2.45) is 5.92 Å². The number of likely N-dealkylation sites (tertiary alicyclic amines) is 2. The van der Waals surface area contributed by atoms with Crippen molar-refractivity contribution in [2.75, 3.05) is 38.1 Å². The Bertz CT molecular complexity index is 745. The molecule has 1 unspecified atom stereocenters. The van der Waals surface area contributed by atoms with Crippen LogP contribution in [-0.2, 0) is 4.79 Å². The summed E-state index contributed by atoms with van der Waals surface area (Å²) in [6.07, 6.45) is 3.59. The predicted octanol–water partition coefficient (Wildman–Crippen LogP) is 2.65. The van der Waals surface area contributed by atoms with E-state index in [4.69, 9.17) is 9.84 Å². The van der Waals surface area contributed by atoms with E-state index in [9.17, 15) is 14.4 Å². The van der Waals surface area contributed by atoms with Gasteiger partial charge in [-0.3, -0.25) is 9.59 Å². The molecular formula is C20H27N3O5. The van der Waals surface area contributed by atoms with Gasteiger partial charge < -0.3 is 25.0 Å². The zero-order valence-corrected chi connectivity index (χ0v) is 16.1. The number of urea groups is 1. The highest BCUT2D eigenvalue weighted by molar-refractivity contribution is 5.98. The monoisotopic (exact) mass is 389 g/mol. The first kappa shape index (κ1) is 20.0. The zero-order valence-electron chi connectivity index (χ0n) is 16.1. The summed E-state index contributed by atoms with van der Waals surface area (Å²) in [5.41, 5.74) is 0.930. The highest BCUT2D eigenvalue weighted by atomic mass is 16.5. The Balaban J connectivity index is 1.75. The second kappa shape index (κ2) is 8.95. The molecule has 0 aliphatic carbocycles. The third kappa shape index (κ3) is 4.55. The van der Waals surface area contributed by atoms with Crippen LogP contribution in [0.4, 0.5) is 10.5 Å². The number of ether oxygens (including phenoxy) is 1. The minimum atomic E-state index is -0.889. The van der Waals surface area contributed by atoms with Crippen molar-refractivity contribution in [2.45, 2.75) is 32.6 Å². The quantitative estimate of drug-likeness (QED) is 0.807. The molecule has 2 aliphatic rings. The predicted molar refractivity (Wildman–Crippen MR) is 104 cm³/mol. The minimum Gasteiger partial charge on any atom is -0.492 e. The lowest BCUT2D eigenvalue weighted by Gasteiger charge is -2.27. The number of rotatable bonds is 5. The summed E-state index contributed by atoms with van der Waals surface area (Å²) in [5, 5.41) is 11.9. The van der Waals surface area contributed by atoms with Crippen LogP contribution in [-0.4, -0.2) is 65.6 Å². The molecule has 0 radical (unpaired) electrons. The fraction of sp³-hybridized carbons (Fsp3) is 0.550. The van der Waals surface area contributed by atoms with Gasteiger partial charge >= 0.3 is 12.0 Å². The smallest absolute Gasteiger partial charge is 0.321 e. The van der Waals surface area contributed by atoms with Gasteiger partial charge in [0.2, 0.25) is 0 Å². The van der Waals surface area contributed by atoms with Crippen LogP contribution < -0.4 is 10.1 Å². The van der Waals surface area contributed by atoms with E-state index in [1.165, 1.54) is 4.90 Å². The van der Waals surface area contributed by atoms with Gasteiger partial charge in [0.15, 0.2) is 0 Å². The molecule has 0 saturated carbocycles. The number of carboxylic acid groups (broad SMARTS) is 1. The van der Waals surface area contributed by atoms with E-state index < -0.39 is 11.9 Å². The van der Waals surface area contributed by atoms with E-state index in [-0.39, 0.29) is 18.5 Å². The molecule has 152 valence electrons. The van der Waals surface area contributed by atoms with Crippen LogP contribution in [0.5, 0.6) is 5.75 Å². The molecule has 2 aliphatic heterocycles. The zero-order chi connectivity index (χ0) is 20.1. The van der Waals surface area contributed by atoms with Gasteiger partial charge in [-0.15, -0.1) is 0 Å². The summed E-state index contributed by atoms with van der Waals surface area (Å²) in [6, 6.07) is 4.67. The summed E-state index contributed by atoms with van der Waals surface area (Å²) in [5.74, 6) is -0.992. The Morgan fingerprint density at radius 3 is 2.54 bits per heavy atom. The van der Waals surface area contributed by atoms with Gasteiger partial charge in [0.1, 0.15) is 5.75 Å². The average Bonchev–Trinajstić information content (AvgIpc) is 3.20. The Morgan fingerprint density at radius 1 is 1.14 bits per heavy atom. The van der Waals surface area contributed by atoms with Crippen molar-refractivity contribution in [3.8, 4) is 5.75 Å². The van der Waals surface area contributed by atoms with E-state index >= 15 is 0 Å². The Hall–Kier alpha value is -2.77. The van der Waals surface area contributed by atoms with Gasteiger partial charge in [-0.1, -0.05) is 0 Å². The lowest BCUT2D eigenvalue weighted by molar-refractivity contribution is -0.141. The largest absolute Gasteiger partial charge is 0.492 e. The molecule has 28 heavy (non-hydrogen) atoms. The van der Waals surface area contributed by atoms with E-state index in [0.717, 1.165) is 32.4 Å². The molecule has 3 amide bonds. The molecular weight excluding hydrogens is 362 g/mol. The van der Waals surface area contributed by atoms with Crippen LogP contribution in [0.3, 0.4) is 0 Å². The average molecular weight is 389 g/mol. The second-order valence-corrected chi connectivity index (χ2v) is 7.20. The lowest BCUT2D eigenvalue weighted by atomic mass is 10.1. The second-order valence-electron chi connectivity index (χ2n) is 7.20. The maximum atomic E-state index is 12.8. The van der Waals surface area contributed by atoms with Crippen molar-refractivity contribution < 1.29 is 24.2 Å². The Kier molecular flexibility index (Phi) is 6.38. The molecule has 8 nitrogen and oxygen atoms in total. The van der Waals surface area contributed by atoms with Crippen LogP contribution in [0.1, 0.15) is 43.0 Å². The SMILES string of the molecule is CCOc1ccc(C(=O)N2CCCCC2)cc1NC(=O)N1CCC(C(=O)O)C1. The van der Waals surface area contributed by atoms with Gasteiger partial charge in [0.25, 0.3) is 5.91 Å². The summed E-state index contributed by atoms with van der Waals surface area (Å²) < 4.78 is 5.59. The number of piperidine rings is 1. The number of hydrogen-bond donors (Lipinski definition) is 2. The van der Waals surface area contributed by atoms with Crippen molar-refractivity contribution in [3.05, 3.63) is 23.8 Å². The van der Waals surface area contributed by atoms with Gasteiger partial charge in [0.05, 0.1) is 18.2 Å². The topological polar surface area (TPSA) is 99.2 Å². The van der Waals surface area contributed by atoms with Crippen molar-refractivity contribution in [3.63, 3.8) is 0 Å². The number of aliphatic carboxylic acids is 1. The molecule has 2 N–H and O–H groups in total. The standard InChI is InChI=1S/C20H27N3O5/c1-2-28-17-7-6-14(18(24)22-9-4-3-5-10-22)12-16(17)21-20(27)23-11-8-15(13-23)19(25)26/h6-7,12,15H,2-5,8-11,13H2,1H3,(H,21,27)(H,25,26). The fourth-order valence-electron chi connectivity index (χ4n) is 3.66. The first-order valence-corrected chi connectivity index (χ1v) is 9.84. The maximum absolute atomic E-state index is 12.8. The molecule has 0 bridgehead atoms. The van der Waals surface area contributed by atoms with E-state index in [2.05, 4.69) is 5.32 Å². The van der Waals surface area contributed by atoms with Gasteiger partial charge in [-0.05, 0) is 50.8 Å².